The van der Waals surface area contributed by atoms with Crippen LogP contribution in [0.1, 0.15) is 40.5 Å². The third kappa shape index (κ3) is 4.97. The lowest BCUT2D eigenvalue weighted by Gasteiger charge is -2.35. The molecule has 0 aromatic carbocycles. The molecular weight excluding hydrogens is 266 g/mol. The SMILES string of the molecule is CCCC(NC(=O)OC(C)(C)C)C(OC)(OC)C(=O)O. The maximum Gasteiger partial charge on any atom is 0.408 e. The summed E-state index contributed by atoms with van der Waals surface area (Å²) in [5.41, 5.74) is -0.674. The van der Waals surface area contributed by atoms with Crippen LogP contribution in [0, 0.1) is 0 Å². The lowest BCUT2D eigenvalue weighted by Crippen LogP contribution is -2.60. The molecule has 1 unspecified atom stereocenters. The summed E-state index contributed by atoms with van der Waals surface area (Å²) in [5, 5.41) is 11.8. The van der Waals surface area contributed by atoms with Gasteiger partial charge in [0.25, 0.3) is 5.79 Å². The van der Waals surface area contributed by atoms with Crippen LogP contribution in [0.2, 0.25) is 0 Å². The number of hydrogen-bond donors (Lipinski definition) is 2. The summed E-state index contributed by atoms with van der Waals surface area (Å²) in [6, 6.07) is -0.866. The van der Waals surface area contributed by atoms with Gasteiger partial charge >= 0.3 is 12.1 Å². The summed E-state index contributed by atoms with van der Waals surface area (Å²) < 4.78 is 15.1. The third-order valence-corrected chi connectivity index (χ3v) is 2.63. The van der Waals surface area contributed by atoms with E-state index in [9.17, 15) is 14.7 Å². The highest BCUT2D eigenvalue weighted by Gasteiger charge is 2.48. The topological polar surface area (TPSA) is 94.1 Å². The molecule has 1 amide bonds. The molecule has 0 saturated heterocycles. The summed E-state index contributed by atoms with van der Waals surface area (Å²) in [7, 11) is 2.44. The number of carboxylic acid groups (broad SMARTS) is 1. The number of carbonyl (C=O) groups excluding carboxylic acids is 1. The van der Waals surface area contributed by atoms with Gasteiger partial charge in [0.1, 0.15) is 5.60 Å². The van der Waals surface area contributed by atoms with Gasteiger partial charge in [0.15, 0.2) is 0 Å². The highest BCUT2D eigenvalue weighted by atomic mass is 16.7. The van der Waals surface area contributed by atoms with E-state index in [0.29, 0.717) is 12.8 Å². The quantitative estimate of drug-likeness (QED) is 0.694. The highest BCUT2D eigenvalue weighted by molar-refractivity contribution is 5.78. The Balaban J connectivity index is 5.12. The van der Waals surface area contributed by atoms with E-state index in [1.807, 2.05) is 6.92 Å². The van der Waals surface area contributed by atoms with Crippen molar-refractivity contribution in [3.05, 3.63) is 0 Å². The smallest absolute Gasteiger partial charge is 0.408 e. The van der Waals surface area contributed by atoms with Crippen molar-refractivity contribution in [2.75, 3.05) is 14.2 Å². The van der Waals surface area contributed by atoms with Crippen molar-refractivity contribution >= 4 is 12.1 Å². The Hall–Kier alpha value is -1.34. The summed E-state index contributed by atoms with van der Waals surface area (Å²) in [6.07, 6.45) is 0.297. The Labute approximate surface area is 119 Å². The molecule has 0 aliphatic heterocycles. The molecule has 0 fully saturated rings. The minimum absolute atomic E-state index is 0.368. The molecule has 0 bridgehead atoms. The Kier molecular flexibility index (Phi) is 6.95. The van der Waals surface area contributed by atoms with E-state index in [1.165, 1.54) is 14.2 Å². The Morgan fingerprint density at radius 1 is 1.20 bits per heavy atom. The van der Waals surface area contributed by atoms with E-state index in [1.54, 1.807) is 20.8 Å². The molecule has 2 N–H and O–H groups in total. The van der Waals surface area contributed by atoms with Crippen molar-refractivity contribution in [1.29, 1.82) is 0 Å². The fraction of sp³-hybridized carbons (Fsp3) is 0.846. The molecule has 0 radical (unpaired) electrons. The van der Waals surface area contributed by atoms with Gasteiger partial charge in [0, 0.05) is 14.2 Å². The van der Waals surface area contributed by atoms with Crippen LogP contribution in [-0.4, -0.2) is 48.8 Å². The molecule has 0 spiro atoms. The fourth-order valence-electron chi connectivity index (χ4n) is 1.79. The predicted molar refractivity (Wildman–Crippen MR) is 72.5 cm³/mol. The number of aliphatic carboxylic acids is 1. The van der Waals surface area contributed by atoms with Crippen molar-refractivity contribution in [2.24, 2.45) is 0 Å². The normalized spacial score (nSPS) is 13.7. The maximum absolute atomic E-state index is 11.8. The van der Waals surface area contributed by atoms with E-state index in [4.69, 9.17) is 14.2 Å². The number of carbonyl (C=O) groups is 2. The van der Waals surface area contributed by atoms with Gasteiger partial charge in [-0.25, -0.2) is 9.59 Å². The van der Waals surface area contributed by atoms with Crippen molar-refractivity contribution in [1.82, 2.24) is 5.32 Å². The zero-order valence-corrected chi connectivity index (χ0v) is 13.0. The first-order chi connectivity index (χ1) is 9.12. The standard InChI is InChI=1S/C13H25NO6/c1-7-8-9(13(18-5,19-6)10(15)16)14-11(17)20-12(2,3)4/h9H,7-8H2,1-6H3,(H,14,17)(H,15,16). The number of alkyl carbamates (subject to hydrolysis) is 1. The zero-order valence-electron chi connectivity index (χ0n) is 13.0. The molecule has 0 aliphatic carbocycles. The molecule has 0 aliphatic rings. The average Bonchev–Trinajstić information content (AvgIpc) is 2.28. The highest BCUT2D eigenvalue weighted by Crippen LogP contribution is 2.22. The molecule has 0 rings (SSSR count). The number of ether oxygens (including phenoxy) is 3. The van der Waals surface area contributed by atoms with E-state index < -0.39 is 29.5 Å². The fourth-order valence-corrected chi connectivity index (χ4v) is 1.79. The number of carboxylic acids is 1. The molecule has 1 atom stereocenters. The monoisotopic (exact) mass is 291 g/mol. The second-order valence-corrected chi connectivity index (χ2v) is 5.37. The Bertz CT molecular complexity index is 332. The van der Waals surface area contributed by atoms with E-state index in [0.717, 1.165) is 0 Å². The van der Waals surface area contributed by atoms with Gasteiger partial charge in [-0.05, 0) is 27.2 Å². The van der Waals surface area contributed by atoms with Gasteiger partial charge in [0.05, 0.1) is 6.04 Å². The molecular formula is C13H25NO6. The number of rotatable bonds is 7. The van der Waals surface area contributed by atoms with E-state index in [2.05, 4.69) is 5.32 Å². The molecule has 118 valence electrons. The summed E-state index contributed by atoms with van der Waals surface area (Å²) in [6.45, 7) is 7.02. The largest absolute Gasteiger partial charge is 0.477 e. The van der Waals surface area contributed by atoms with Gasteiger partial charge in [0.2, 0.25) is 0 Å². The van der Waals surface area contributed by atoms with Crippen LogP contribution in [0.5, 0.6) is 0 Å². The minimum atomic E-state index is -1.94. The Morgan fingerprint density at radius 2 is 1.70 bits per heavy atom. The minimum Gasteiger partial charge on any atom is -0.477 e. The van der Waals surface area contributed by atoms with Gasteiger partial charge in [-0.1, -0.05) is 13.3 Å². The molecule has 7 nitrogen and oxygen atoms in total. The van der Waals surface area contributed by atoms with Crippen LogP contribution in [0.25, 0.3) is 0 Å². The summed E-state index contributed by atoms with van der Waals surface area (Å²) in [5.74, 6) is -3.25. The number of amides is 1. The number of methoxy groups -OCH3 is 2. The Morgan fingerprint density at radius 3 is 2.00 bits per heavy atom. The molecule has 20 heavy (non-hydrogen) atoms. The molecule has 7 heteroatoms. The summed E-state index contributed by atoms with van der Waals surface area (Å²) >= 11 is 0. The lowest BCUT2D eigenvalue weighted by atomic mass is 10.0. The van der Waals surface area contributed by atoms with E-state index >= 15 is 0 Å². The van der Waals surface area contributed by atoms with E-state index in [-0.39, 0.29) is 0 Å². The lowest BCUT2D eigenvalue weighted by molar-refractivity contribution is -0.236. The van der Waals surface area contributed by atoms with Crippen LogP contribution in [0.4, 0.5) is 4.79 Å². The zero-order chi connectivity index (χ0) is 16.0. The first-order valence-corrected chi connectivity index (χ1v) is 6.46. The predicted octanol–water partition coefficient (Wildman–Crippen LogP) is 1.75. The molecule has 0 saturated carbocycles. The second-order valence-electron chi connectivity index (χ2n) is 5.37. The van der Waals surface area contributed by atoms with Crippen LogP contribution < -0.4 is 5.32 Å². The van der Waals surface area contributed by atoms with Crippen molar-refractivity contribution in [3.63, 3.8) is 0 Å². The molecule has 0 aromatic rings. The average molecular weight is 291 g/mol. The third-order valence-electron chi connectivity index (χ3n) is 2.63. The number of hydrogen-bond acceptors (Lipinski definition) is 5. The first kappa shape index (κ1) is 18.7. The maximum atomic E-state index is 11.8. The van der Waals surface area contributed by atoms with Crippen LogP contribution in [0.15, 0.2) is 0 Å². The summed E-state index contributed by atoms with van der Waals surface area (Å²) in [4.78, 5) is 23.2. The van der Waals surface area contributed by atoms with Crippen LogP contribution in [0.3, 0.4) is 0 Å². The van der Waals surface area contributed by atoms with Gasteiger partial charge in [-0.2, -0.15) is 0 Å². The molecule has 0 aromatic heterocycles. The first-order valence-electron chi connectivity index (χ1n) is 6.46. The number of nitrogens with one attached hydrogen (secondary N) is 1. The van der Waals surface area contributed by atoms with Gasteiger partial charge in [-0.15, -0.1) is 0 Å². The van der Waals surface area contributed by atoms with Gasteiger partial charge < -0.3 is 24.6 Å². The molecule has 0 heterocycles. The van der Waals surface area contributed by atoms with Gasteiger partial charge in [-0.3, -0.25) is 0 Å². The van der Waals surface area contributed by atoms with Crippen molar-refractivity contribution in [2.45, 2.75) is 58.0 Å². The van der Waals surface area contributed by atoms with Crippen LogP contribution in [-0.2, 0) is 19.0 Å². The second kappa shape index (κ2) is 7.44. The van der Waals surface area contributed by atoms with Crippen molar-refractivity contribution < 1.29 is 28.9 Å². The van der Waals surface area contributed by atoms with Crippen LogP contribution >= 0.6 is 0 Å². The van der Waals surface area contributed by atoms with Crippen molar-refractivity contribution in [3.8, 4) is 0 Å².